The molecule has 0 saturated carbocycles. The van der Waals surface area contributed by atoms with Crippen LogP contribution in [0.1, 0.15) is 48.0 Å². The standard InChI is InChI=1S/C18H34NO9P/c1-9(2)23-8-14-16(15(19)12(6)26-14)27-29(21,22)28-18(20)17-13(24-10(3)4)7-11(5)25-17/h9-17H,7-8,19H2,1-6H3,(H,21,22)/t11-,12-,13?,14+,15?,16-,17-/m0/s1. The van der Waals surface area contributed by atoms with Crippen LogP contribution in [0.5, 0.6) is 0 Å². The third kappa shape index (κ3) is 6.97. The summed E-state index contributed by atoms with van der Waals surface area (Å²) in [6.07, 6.45) is -3.71. The molecule has 0 bridgehead atoms. The van der Waals surface area contributed by atoms with E-state index < -0.39 is 50.4 Å². The topological polar surface area (TPSA) is 136 Å². The Morgan fingerprint density at radius 2 is 1.86 bits per heavy atom. The van der Waals surface area contributed by atoms with E-state index in [1.807, 2.05) is 27.7 Å². The van der Waals surface area contributed by atoms with E-state index >= 15 is 0 Å². The van der Waals surface area contributed by atoms with Crippen molar-refractivity contribution in [3.63, 3.8) is 0 Å². The number of rotatable bonds is 9. The van der Waals surface area contributed by atoms with Crippen LogP contribution in [-0.4, -0.2) is 72.3 Å². The number of carbonyl (C=O) groups is 1. The summed E-state index contributed by atoms with van der Waals surface area (Å²) in [4.78, 5) is 22.7. The van der Waals surface area contributed by atoms with Crippen molar-refractivity contribution in [3.8, 4) is 0 Å². The van der Waals surface area contributed by atoms with Crippen LogP contribution >= 0.6 is 7.82 Å². The van der Waals surface area contributed by atoms with E-state index in [1.54, 1.807) is 13.8 Å². The highest BCUT2D eigenvalue weighted by Crippen LogP contribution is 2.48. The first kappa shape index (κ1) is 24.7. The Labute approximate surface area is 171 Å². The van der Waals surface area contributed by atoms with Crippen LogP contribution in [0, 0.1) is 0 Å². The second kappa shape index (κ2) is 10.2. The summed E-state index contributed by atoms with van der Waals surface area (Å²) in [5.74, 6) is -1.01. The van der Waals surface area contributed by atoms with Crippen molar-refractivity contribution < 1.29 is 42.2 Å². The molecule has 0 radical (unpaired) electrons. The zero-order chi connectivity index (χ0) is 21.9. The van der Waals surface area contributed by atoms with Gasteiger partial charge in [-0.3, -0.25) is 9.42 Å². The van der Waals surface area contributed by atoms with Crippen LogP contribution in [0.25, 0.3) is 0 Å². The molecular weight excluding hydrogens is 405 g/mol. The second-order valence-corrected chi connectivity index (χ2v) is 9.44. The number of nitrogens with two attached hydrogens (primary N) is 1. The molecule has 11 heteroatoms. The number of hydrogen-bond acceptors (Lipinski definition) is 9. The van der Waals surface area contributed by atoms with Gasteiger partial charge in [0.05, 0.1) is 43.2 Å². The van der Waals surface area contributed by atoms with Gasteiger partial charge in [0.2, 0.25) is 0 Å². The smallest absolute Gasteiger partial charge is 0.376 e. The third-order valence-corrected chi connectivity index (χ3v) is 5.61. The lowest BCUT2D eigenvalue weighted by Crippen LogP contribution is -2.42. The normalized spacial score (nSPS) is 37.2. The number of ether oxygens (including phenoxy) is 4. The molecule has 3 unspecified atom stereocenters. The summed E-state index contributed by atoms with van der Waals surface area (Å²) in [7, 11) is -4.78. The number of carbonyl (C=O) groups excluding carboxylic acids is 1. The Kier molecular flexibility index (Phi) is 8.64. The molecule has 8 atom stereocenters. The summed E-state index contributed by atoms with van der Waals surface area (Å²) in [6.45, 7) is 11.0. The molecule has 0 amide bonds. The molecule has 2 rings (SSSR count). The molecule has 0 aromatic carbocycles. The maximum absolute atomic E-state index is 12.5. The maximum Gasteiger partial charge on any atom is 0.530 e. The fourth-order valence-electron chi connectivity index (χ4n) is 3.39. The molecule has 10 nitrogen and oxygen atoms in total. The molecule has 0 aromatic rings. The minimum atomic E-state index is -4.78. The van der Waals surface area contributed by atoms with Gasteiger partial charge in [0.1, 0.15) is 12.2 Å². The van der Waals surface area contributed by atoms with Gasteiger partial charge in [-0.1, -0.05) is 0 Å². The highest BCUT2D eigenvalue weighted by Gasteiger charge is 2.48. The molecule has 0 aromatic heterocycles. The van der Waals surface area contributed by atoms with E-state index in [9.17, 15) is 14.3 Å². The minimum Gasteiger partial charge on any atom is -0.376 e. The maximum atomic E-state index is 12.5. The first-order valence-electron chi connectivity index (χ1n) is 9.97. The fraction of sp³-hybridized carbons (Fsp3) is 0.944. The summed E-state index contributed by atoms with van der Waals surface area (Å²) in [6, 6.07) is -0.685. The van der Waals surface area contributed by atoms with Gasteiger partial charge in [-0.25, -0.2) is 9.36 Å². The highest BCUT2D eigenvalue weighted by molar-refractivity contribution is 7.48. The molecule has 2 aliphatic rings. The highest BCUT2D eigenvalue weighted by atomic mass is 31.2. The Bertz CT molecular complexity index is 602. The molecule has 3 N–H and O–H groups in total. The van der Waals surface area contributed by atoms with Gasteiger partial charge in [-0.2, -0.15) is 0 Å². The van der Waals surface area contributed by atoms with Gasteiger partial charge in [-0.05, 0) is 41.5 Å². The molecule has 170 valence electrons. The summed E-state index contributed by atoms with van der Waals surface area (Å²) in [5.41, 5.74) is 6.05. The summed E-state index contributed by atoms with van der Waals surface area (Å²) >= 11 is 0. The van der Waals surface area contributed by atoms with Crippen LogP contribution in [0.2, 0.25) is 0 Å². The Morgan fingerprint density at radius 3 is 2.45 bits per heavy atom. The lowest BCUT2D eigenvalue weighted by Gasteiger charge is -2.25. The largest absolute Gasteiger partial charge is 0.530 e. The molecule has 2 fully saturated rings. The van der Waals surface area contributed by atoms with E-state index in [2.05, 4.69) is 0 Å². The first-order valence-corrected chi connectivity index (χ1v) is 11.5. The average molecular weight is 439 g/mol. The van der Waals surface area contributed by atoms with E-state index in [0.717, 1.165) is 0 Å². The lowest BCUT2D eigenvalue weighted by atomic mass is 10.1. The Hall–Kier alpha value is -0.580. The quantitative estimate of drug-likeness (QED) is 0.509. The molecule has 2 heterocycles. The van der Waals surface area contributed by atoms with Gasteiger partial charge in [0.15, 0.2) is 6.10 Å². The van der Waals surface area contributed by atoms with Crippen LogP contribution in [0.15, 0.2) is 0 Å². The third-order valence-electron chi connectivity index (χ3n) is 4.69. The van der Waals surface area contributed by atoms with Crippen LogP contribution in [0.3, 0.4) is 0 Å². The number of phosphoric acid groups is 1. The van der Waals surface area contributed by atoms with Crippen LogP contribution in [-0.2, 0) is 37.4 Å². The van der Waals surface area contributed by atoms with E-state index in [1.165, 1.54) is 0 Å². The Morgan fingerprint density at radius 1 is 1.21 bits per heavy atom. The monoisotopic (exact) mass is 439 g/mol. The van der Waals surface area contributed by atoms with E-state index in [4.69, 9.17) is 33.7 Å². The van der Waals surface area contributed by atoms with Gasteiger partial charge < -0.3 is 29.2 Å². The predicted octanol–water partition coefficient (Wildman–Crippen LogP) is 1.53. The Balaban J connectivity index is 2.01. The zero-order valence-electron chi connectivity index (χ0n) is 17.8. The second-order valence-electron chi connectivity index (χ2n) is 8.11. The van der Waals surface area contributed by atoms with Crippen molar-refractivity contribution in [2.24, 2.45) is 5.73 Å². The van der Waals surface area contributed by atoms with Gasteiger partial charge in [0.25, 0.3) is 0 Å². The minimum absolute atomic E-state index is 0.0652. The van der Waals surface area contributed by atoms with Crippen molar-refractivity contribution in [2.45, 2.75) is 103 Å². The lowest BCUT2D eigenvalue weighted by molar-refractivity contribution is -0.155. The van der Waals surface area contributed by atoms with E-state index in [-0.39, 0.29) is 24.9 Å². The summed E-state index contributed by atoms with van der Waals surface area (Å²) in [5, 5.41) is 0. The van der Waals surface area contributed by atoms with Crippen molar-refractivity contribution in [1.29, 1.82) is 0 Å². The van der Waals surface area contributed by atoms with Crippen LogP contribution in [0.4, 0.5) is 0 Å². The summed E-state index contributed by atoms with van der Waals surface area (Å²) < 4.78 is 44.9. The molecule has 0 spiro atoms. The van der Waals surface area contributed by atoms with Gasteiger partial charge in [-0.15, -0.1) is 0 Å². The SMILES string of the molecule is CC(C)OC[C@H]1O[C@@H](C)C(N)[C@H]1OP(=O)(O)OC(=O)[C@H]1O[C@@H](C)CC1OC(C)C. The van der Waals surface area contributed by atoms with Gasteiger partial charge >= 0.3 is 13.8 Å². The molecular formula is C18H34NO9P. The first-order chi connectivity index (χ1) is 13.4. The number of phosphoric ester groups is 1. The fourth-order valence-corrected chi connectivity index (χ4v) is 4.35. The molecule has 29 heavy (non-hydrogen) atoms. The van der Waals surface area contributed by atoms with Crippen molar-refractivity contribution in [3.05, 3.63) is 0 Å². The molecule has 2 saturated heterocycles. The predicted molar refractivity (Wildman–Crippen MR) is 103 cm³/mol. The molecule has 0 aliphatic carbocycles. The zero-order valence-corrected chi connectivity index (χ0v) is 18.7. The van der Waals surface area contributed by atoms with Crippen molar-refractivity contribution in [2.75, 3.05) is 6.61 Å². The van der Waals surface area contributed by atoms with Crippen molar-refractivity contribution in [1.82, 2.24) is 0 Å². The van der Waals surface area contributed by atoms with E-state index in [0.29, 0.717) is 6.42 Å². The van der Waals surface area contributed by atoms with Crippen molar-refractivity contribution >= 4 is 13.8 Å². The van der Waals surface area contributed by atoms with Crippen LogP contribution < -0.4 is 5.73 Å². The number of hydrogen-bond donors (Lipinski definition) is 2. The molecule has 2 aliphatic heterocycles. The average Bonchev–Trinajstić information content (AvgIpc) is 3.06. The van der Waals surface area contributed by atoms with Gasteiger partial charge in [0, 0.05) is 6.42 Å².